The van der Waals surface area contributed by atoms with E-state index >= 15 is 0 Å². The fraction of sp³-hybridized carbons (Fsp3) is 0.500. The van der Waals surface area contributed by atoms with E-state index in [2.05, 4.69) is 24.8 Å². The lowest BCUT2D eigenvalue weighted by molar-refractivity contribution is 0.568. The van der Waals surface area contributed by atoms with Gasteiger partial charge in [-0.2, -0.15) is 4.98 Å². The third kappa shape index (κ3) is 3.22. The van der Waals surface area contributed by atoms with Gasteiger partial charge in [0.05, 0.1) is 5.69 Å². The van der Waals surface area contributed by atoms with Gasteiger partial charge >= 0.3 is 0 Å². The summed E-state index contributed by atoms with van der Waals surface area (Å²) < 4.78 is 14.4. The first-order valence-corrected chi connectivity index (χ1v) is 8.09. The summed E-state index contributed by atoms with van der Waals surface area (Å²) in [5, 5.41) is 0. The number of hydrogen-bond donors (Lipinski definition) is 0. The van der Waals surface area contributed by atoms with Gasteiger partial charge in [0.1, 0.15) is 12.1 Å². The molecule has 0 aliphatic carbocycles. The number of hydrogen-bond acceptors (Lipinski definition) is 7. The number of halogens is 1. The predicted octanol–water partition coefficient (Wildman–Crippen LogP) is 1.36. The number of aryl methyl sites for hydroxylation is 1. The van der Waals surface area contributed by atoms with Crippen molar-refractivity contribution < 1.29 is 4.39 Å². The Morgan fingerprint density at radius 2 is 1.79 bits per heavy atom. The van der Waals surface area contributed by atoms with Crippen molar-refractivity contribution in [1.82, 2.24) is 19.9 Å². The van der Waals surface area contributed by atoms with E-state index in [0.29, 0.717) is 37.0 Å². The van der Waals surface area contributed by atoms with Gasteiger partial charge in [-0.3, -0.25) is 0 Å². The molecule has 128 valence electrons. The summed E-state index contributed by atoms with van der Waals surface area (Å²) >= 11 is 0. The van der Waals surface area contributed by atoms with E-state index in [9.17, 15) is 4.39 Å². The topological polar surface area (TPSA) is 61.3 Å². The average Bonchev–Trinajstić information content (AvgIpc) is 2.62. The van der Waals surface area contributed by atoms with Crippen molar-refractivity contribution in [1.29, 1.82) is 0 Å². The van der Waals surface area contributed by atoms with E-state index in [-0.39, 0.29) is 5.82 Å². The van der Waals surface area contributed by atoms with E-state index in [1.54, 1.807) is 6.20 Å². The van der Waals surface area contributed by atoms with Gasteiger partial charge in [-0.15, -0.1) is 0 Å². The van der Waals surface area contributed by atoms with Crippen molar-refractivity contribution in [3.8, 4) is 0 Å². The number of nitrogens with zero attached hydrogens (tertiary/aromatic N) is 7. The molecule has 0 N–H and O–H groups in total. The van der Waals surface area contributed by atoms with Gasteiger partial charge in [0.15, 0.2) is 11.6 Å². The van der Waals surface area contributed by atoms with Crippen LogP contribution in [0.3, 0.4) is 0 Å². The van der Waals surface area contributed by atoms with Crippen LogP contribution in [0.15, 0.2) is 18.6 Å². The molecule has 1 saturated heterocycles. The highest BCUT2D eigenvalue weighted by molar-refractivity contribution is 5.47. The zero-order valence-electron chi connectivity index (χ0n) is 14.3. The normalized spacial score (nSPS) is 14.8. The Hall–Kier alpha value is -2.51. The van der Waals surface area contributed by atoms with Crippen molar-refractivity contribution in [3.63, 3.8) is 0 Å². The van der Waals surface area contributed by atoms with Crippen LogP contribution in [0.4, 0.5) is 22.0 Å². The van der Waals surface area contributed by atoms with Crippen molar-refractivity contribution in [2.24, 2.45) is 0 Å². The van der Waals surface area contributed by atoms with E-state index < -0.39 is 0 Å². The quantitative estimate of drug-likeness (QED) is 0.838. The summed E-state index contributed by atoms with van der Waals surface area (Å²) in [5.74, 6) is 1.68. The molecular formula is C16H22FN7. The molecule has 2 aromatic heterocycles. The van der Waals surface area contributed by atoms with Crippen LogP contribution in [0.5, 0.6) is 0 Å². The fourth-order valence-corrected chi connectivity index (χ4v) is 2.74. The van der Waals surface area contributed by atoms with Crippen LogP contribution in [-0.4, -0.2) is 60.2 Å². The maximum Gasteiger partial charge on any atom is 0.226 e. The van der Waals surface area contributed by atoms with Gasteiger partial charge in [-0.05, 0) is 12.5 Å². The molecule has 3 heterocycles. The lowest BCUT2D eigenvalue weighted by Gasteiger charge is -2.36. The van der Waals surface area contributed by atoms with Gasteiger partial charge in [0.2, 0.25) is 5.95 Å². The standard InChI is InChI=1S/C16H22FN7/c1-4-12-14(17)15(20-11-19-12)24-9-7-23(8-10-24)13-5-6-18-16(21-13)22(2)3/h5-6,11H,4,7-10H2,1-3H3. The summed E-state index contributed by atoms with van der Waals surface area (Å²) in [4.78, 5) is 23.0. The first-order chi connectivity index (χ1) is 11.6. The number of rotatable bonds is 4. The Kier molecular flexibility index (Phi) is 4.73. The van der Waals surface area contributed by atoms with Crippen LogP contribution in [0, 0.1) is 5.82 Å². The summed E-state index contributed by atoms with van der Waals surface area (Å²) in [7, 11) is 3.83. The molecule has 0 spiro atoms. The minimum atomic E-state index is -0.301. The van der Waals surface area contributed by atoms with E-state index in [1.807, 2.05) is 36.9 Å². The molecule has 0 aromatic carbocycles. The Morgan fingerprint density at radius 1 is 1.08 bits per heavy atom. The monoisotopic (exact) mass is 331 g/mol. The van der Waals surface area contributed by atoms with Crippen molar-refractivity contribution >= 4 is 17.6 Å². The van der Waals surface area contributed by atoms with Crippen LogP contribution >= 0.6 is 0 Å². The molecule has 0 radical (unpaired) electrons. The molecule has 2 aromatic rings. The summed E-state index contributed by atoms with van der Waals surface area (Å²) in [6, 6.07) is 1.91. The van der Waals surface area contributed by atoms with Gasteiger partial charge in [-0.1, -0.05) is 6.92 Å². The maximum atomic E-state index is 14.4. The lowest BCUT2D eigenvalue weighted by atomic mass is 10.2. The molecular weight excluding hydrogens is 309 g/mol. The Labute approximate surface area is 141 Å². The minimum Gasteiger partial charge on any atom is -0.353 e. The molecule has 1 aliphatic rings. The summed E-state index contributed by atoms with van der Waals surface area (Å²) in [6.07, 6.45) is 3.77. The Morgan fingerprint density at radius 3 is 2.46 bits per heavy atom. The molecule has 0 atom stereocenters. The van der Waals surface area contributed by atoms with E-state index in [1.165, 1.54) is 6.33 Å². The van der Waals surface area contributed by atoms with Crippen molar-refractivity contribution in [2.45, 2.75) is 13.3 Å². The second kappa shape index (κ2) is 6.94. The van der Waals surface area contributed by atoms with Gasteiger partial charge in [-0.25, -0.2) is 19.3 Å². The second-order valence-electron chi connectivity index (χ2n) is 5.89. The number of piperazine rings is 1. The molecule has 1 fully saturated rings. The van der Waals surface area contributed by atoms with Crippen LogP contribution in [0.2, 0.25) is 0 Å². The molecule has 0 amide bonds. The highest BCUT2D eigenvalue weighted by atomic mass is 19.1. The number of anilines is 3. The SMILES string of the molecule is CCc1ncnc(N2CCN(c3ccnc(N(C)C)n3)CC2)c1F. The summed E-state index contributed by atoms with van der Waals surface area (Å²) in [6.45, 7) is 4.80. The molecule has 3 rings (SSSR count). The molecule has 0 unspecified atom stereocenters. The lowest BCUT2D eigenvalue weighted by Crippen LogP contribution is -2.47. The molecule has 0 saturated carbocycles. The number of aromatic nitrogens is 4. The molecule has 8 heteroatoms. The van der Waals surface area contributed by atoms with Crippen LogP contribution in [-0.2, 0) is 6.42 Å². The first-order valence-electron chi connectivity index (χ1n) is 8.09. The average molecular weight is 331 g/mol. The molecule has 0 bridgehead atoms. The van der Waals surface area contributed by atoms with Gasteiger partial charge in [0, 0.05) is 46.5 Å². The zero-order chi connectivity index (χ0) is 17.1. The summed E-state index contributed by atoms with van der Waals surface area (Å²) in [5.41, 5.74) is 0.467. The third-order valence-electron chi connectivity index (χ3n) is 4.11. The fourth-order valence-electron chi connectivity index (χ4n) is 2.74. The largest absolute Gasteiger partial charge is 0.353 e. The Balaban J connectivity index is 1.71. The van der Waals surface area contributed by atoms with Crippen LogP contribution in [0.1, 0.15) is 12.6 Å². The minimum absolute atomic E-state index is 0.301. The molecule has 24 heavy (non-hydrogen) atoms. The van der Waals surface area contributed by atoms with Crippen LogP contribution in [0.25, 0.3) is 0 Å². The molecule has 1 aliphatic heterocycles. The van der Waals surface area contributed by atoms with Crippen molar-refractivity contribution in [3.05, 3.63) is 30.1 Å². The zero-order valence-corrected chi connectivity index (χ0v) is 14.3. The maximum absolute atomic E-state index is 14.4. The van der Waals surface area contributed by atoms with Gasteiger partial charge in [0.25, 0.3) is 0 Å². The van der Waals surface area contributed by atoms with E-state index in [0.717, 1.165) is 18.9 Å². The third-order valence-corrected chi connectivity index (χ3v) is 4.11. The van der Waals surface area contributed by atoms with Crippen molar-refractivity contribution in [2.75, 3.05) is 55.0 Å². The van der Waals surface area contributed by atoms with Crippen LogP contribution < -0.4 is 14.7 Å². The highest BCUT2D eigenvalue weighted by Gasteiger charge is 2.23. The second-order valence-corrected chi connectivity index (χ2v) is 5.89. The smallest absolute Gasteiger partial charge is 0.226 e. The first kappa shape index (κ1) is 16.4. The molecule has 7 nitrogen and oxygen atoms in total. The highest BCUT2D eigenvalue weighted by Crippen LogP contribution is 2.22. The van der Waals surface area contributed by atoms with Gasteiger partial charge < -0.3 is 14.7 Å². The predicted molar refractivity (Wildman–Crippen MR) is 92.2 cm³/mol. The van der Waals surface area contributed by atoms with E-state index in [4.69, 9.17) is 0 Å². The Bertz CT molecular complexity index is 699.